The maximum atomic E-state index is 2.54. The molecular weight excluding hydrogens is 823 g/mol. The van der Waals surface area contributed by atoms with Gasteiger partial charge in [0.25, 0.3) is 0 Å². The zero-order valence-electron chi connectivity index (χ0n) is 35.1. The first-order chi connectivity index (χ1) is 32.2. The Morgan fingerprint density at radius 3 is 1.20 bits per heavy atom. The standard InChI is InChI=1S/C62H37NS2/c1-3-15-38(16-4-1)59-49-21-7-8-22-50(49)60(39-17-5-2-6-18-39)54-37-42(31-34-51(54)59)63-55-35-40(43-23-13-25-52-47-19-9-11-27-57(47)64-61(43)52)29-32-45(55)46-33-30-41(36-56(46)63)44-24-14-26-53-48-20-10-12-28-58(48)65-62(44)53/h1-37H. The molecular formula is C62H37NS2. The first-order valence-electron chi connectivity index (χ1n) is 22.2. The molecule has 0 unspecified atom stereocenters. The Bertz CT molecular complexity index is 4060. The van der Waals surface area contributed by atoms with Crippen LogP contribution in [0, 0.1) is 0 Å². The van der Waals surface area contributed by atoms with Gasteiger partial charge in [0.1, 0.15) is 0 Å². The van der Waals surface area contributed by atoms with Gasteiger partial charge in [-0.1, -0.05) is 188 Å². The zero-order chi connectivity index (χ0) is 42.6. The Kier molecular flexibility index (Phi) is 8.09. The third kappa shape index (κ3) is 5.56. The fourth-order valence-electron chi connectivity index (χ4n) is 10.7. The van der Waals surface area contributed by atoms with Crippen molar-refractivity contribution in [2.45, 2.75) is 0 Å². The lowest BCUT2D eigenvalue weighted by molar-refractivity contribution is 1.19. The van der Waals surface area contributed by atoms with Crippen LogP contribution in [0.3, 0.4) is 0 Å². The van der Waals surface area contributed by atoms with Crippen molar-refractivity contribution in [1.29, 1.82) is 0 Å². The zero-order valence-corrected chi connectivity index (χ0v) is 36.8. The molecule has 14 rings (SSSR count). The minimum atomic E-state index is 1.14. The molecule has 0 radical (unpaired) electrons. The van der Waals surface area contributed by atoms with Gasteiger partial charge in [-0.3, -0.25) is 0 Å². The highest BCUT2D eigenvalue weighted by Crippen LogP contribution is 2.47. The van der Waals surface area contributed by atoms with E-state index in [-0.39, 0.29) is 0 Å². The number of benzene rings is 11. The van der Waals surface area contributed by atoms with Gasteiger partial charge in [0, 0.05) is 56.8 Å². The molecule has 3 aromatic heterocycles. The second-order valence-corrected chi connectivity index (χ2v) is 19.2. The van der Waals surface area contributed by atoms with Crippen molar-refractivity contribution in [3.8, 4) is 50.2 Å². The van der Waals surface area contributed by atoms with Crippen molar-refractivity contribution < 1.29 is 0 Å². The highest BCUT2D eigenvalue weighted by Gasteiger charge is 2.21. The fourth-order valence-corrected chi connectivity index (χ4v) is 13.2. The van der Waals surface area contributed by atoms with Crippen molar-refractivity contribution in [2.75, 3.05) is 0 Å². The highest BCUT2D eigenvalue weighted by atomic mass is 32.1. The van der Waals surface area contributed by atoms with E-state index in [0.717, 1.165) is 5.69 Å². The van der Waals surface area contributed by atoms with Crippen LogP contribution in [0.2, 0.25) is 0 Å². The van der Waals surface area contributed by atoms with Crippen LogP contribution in [0.15, 0.2) is 224 Å². The van der Waals surface area contributed by atoms with Crippen LogP contribution in [0.5, 0.6) is 0 Å². The van der Waals surface area contributed by atoms with Crippen LogP contribution < -0.4 is 0 Å². The van der Waals surface area contributed by atoms with E-state index in [9.17, 15) is 0 Å². The van der Waals surface area contributed by atoms with Crippen molar-refractivity contribution in [3.63, 3.8) is 0 Å². The number of hydrogen-bond donors (Lipinski definition) is 0. The normalized spacial score (nSPS) is 12.0. The molecule has 0 amide bonds. The van der Waals surface area contributed by atoms with E-state index in [4.69, 9.17) is 0 Å². The summed E-state index contributed by atoms with van der Waals surface area (Å²) in [7, 11) is 0. The largest absolute Gasteiger partial charge is 0.309 e. The maximum Gasteiger partial charge on any atom is 0.0547 e. The number of hydrogen-bond acceptors (Lipinski definition) is 2. The molecule has 3 heteroatoms. The molecule has 14 aromatic rings. The first kappa shape index (κ1) is 36.6. The van der Waals surface area contributed by atoms with Gasteiger partial charge in [-0.25, -0.2) is 0 Å². The molecule has 1 nitrogen and oxygen atoms in total. The Hall–Kier alpha value is -7.82. The summed E-state index contributed by atoms with van der Waals surface area (Å²) in [4.78, 5) is 0. The van der Waals surface area contributed by atoms with E-state index in [0.29, 0.717) is 0 Å². The van der Waals surface area contributed by atoms with Crippen molar-refractivity contribution in [1.82, 2.24) is 4.57 Å². The topological polar surface area (TPSA) is 4.93 Å². The van der Waals surface area contributed by atoms with Gasteiger partial charge >= 0.3 is 0 Å². The summed E-state index contributed by atoms with van der Waals surface area (Å²) >= 11 is 3.78. The molecule has 302 valence electrons. The summed E-state index contributed by atoms with van der Waals surface area (Å²) < 4.78 is 7.83. The van der Waals surface area contributed by atoms with Gasteiger partial charge in [0.05, 0.1) is 11.0 Å². The Balaban J connectivity index is 1.09. The van der Waals surface area contributed by atoms with Gasteiger partial charge < -0.3 is 4.57 Å². The fraction of sp³-hybridized carbons (Fsp3) is 0. The lowest BCUT2D eigenvalue weighted by atomic mass is 9.86. The van der Waals surface area contributed by atoms with E-state index in [1.54, 1.807) is 0 Å². The summed E-state index contributed by atoms with van der Waals surface area (Å²) in [5.74, 6) is 0. The van der Waals surface area contributed by atoms with Gasteiger partial charge in [-0.15, -0.1) is 22.7 Å². The van der Waals surface area contributed by atoms with Gasteiger partial charge in [0.2, 0.25) is 0 Å². The molecule has 0 spiro atoms. The Labute approximate surface area is 383 Å². The predicted molar refractivity (Wildman–Crippen MR) is 283 cm³/mol. The van der Waals surface area contributed by atoms with E-state index in [2.05, 4.69) is 229 Å². The molecule has 65 heavy (non-hydrogen) atoms. The molecule has 11 aromatic carbocycles. The summed E-state index contributed by atoms with van der Waals surface area (Å²) in [6.45, 7) is 0. The van der Waals surface area contributed by atoms with E-state index in [1.807, 2.05) is 22.7 Å². The lowest BCUT2D eigenvalue weighted by Crippen LogP contribution is -1.97. The SMILES string of the molecule is c1ccc(-c2c3ccccc3c(-c3ccccc3)c3cc(-n4c5cc(-c6cccc7c6sc6ccccc67)ccc5c5ccc(-c6cccc7c6sc6ccccc67)cc54)ccc23)cc1. The van der Waals surface area contributed by atoms with Gasteiger partial charge in [-0.05, 0) is 102 Å². The molecule has 0 saturated carbocycles. The van der Waals surface area contributed by atoms with E-state index < -0.39 is 0 Å². The third-order valence-electron chi connectivity index (χ3n) is 13.6. The first-order valence-corrected chi connectivity index (χ1v) is 23.9. The molecule has 0 bridgehead atoms. The molecule has 0 fully saturated rings. The van der Waals surface area contributed by atoms with Gasteiger partial charge in [-0.2, -0.15) is 0 Å². The lowest BCUT2D eigenvalue weighted by Gasteiger charge is -2.19. The smallest absolute Gasteiger partial charge is 0.0547 e. The van der Waals surface area contributed by atoms with Crippen LogP contribution >= 0.6 is 22.7 Å². The molecule has 3 heterocycles. The highest BCUT2D eigenvalue weighted by molar-refractivity contribution is 7.26. The summed E-state index contributed by atoms with van der Waals surface area (Å²) in [6, 6.07) is 83.5. The minimum Gasteiger partial charge on any atom is -0.309 e. The maximum absolute atomic E-state index is 2.54. The second-order valence-electron chi connectivity index (χ2n) is 17.1. The molecule has 0 N–H and O–H groups in total. The number of rotatable bonds is 5. The van der Waals surface area contributed by atoms with Crippen molar-refractivity contribution in [2.24, 2.45) is 0 Å². The van der Waals surface area contributed by atoms with Crippen LogP contribution in [0.4, 0.5) is 0 Å². The number of fused-ring (bicyclic) bond motifs is 11. The second kappa shape index (κ2) is 14.4. The van der Waals surface area contributed by atoms with Crippen LogP contribution in [0.25, 0.3) is 134 Å². The number of nitrogens with zero attached hydrogens (tertiary/aromatic N) is 1. The summed E-state index contributed by atoms with van der Waals surface area (Å²) in [6.07, 6.45) is 0. The summed E-state index contributed by atoms with van der Waals surface area (Å²) in [5, 5.41) is 12.7. The number of aromatic nitrogens is 1. The van der Waals surface area contributed by atoms with Gasteiger partial charge in [0.15, 0.2) is 0 Å². The molecule has 0 saturated heterocycles. The quantitative estimate of drug-likeness (QED) is 0.152. The van der Waals surface area contributed by atoms with Crippen LogP contribution in [-0.4, -0.2) is 4.57 Å². The number of thiophene rings is 2. The monoisotopic (exact) mass is 859 g/mol. The summed E-state index contributed by atoms with van der Waals surface area (Å²) in [5.41, 5.74) is 13.5. The third-order valence-corrected chi connectivity index (χ3v) is 16.0. The Morgan fingerprint density at radius 2 is 0.677 bits per heavy atom. The van der Waals surface area contributed by atoms with E-state index >= 15 is 0 Å². The predicted octanol–water partition coefficient (Wildman–Crippen LogP) is 18.5. The van der Waals surface area contributed by atoms with Crippen molar-refractivity contribution >= 4 is 106 Å². The average molecular weight is 860 g/mol. The molecule has 0 aliphatic heterocycles. The average Bonchev–Trinajstić information content (AvgIpc) is 4.05. The minimum absolute atomic E-state index is 1.14. The van der Waals surface area contributed by atoms with Crippen LogP contribution in [0.1, 0.15) is 0 Å². The molecule has 0 atom stereocenters. The molecule has 0 aliphatic rings. The van der Waals surface area contributed by atoms with E-state index in [1.165, 1.54) is 128 Å². The Morgan fingerprint density at radius 1 is 0.262 bits per heavy atom. The van der Waals surface area contributed by atoms with Crippen LogP contribution in [-0.2, 0) is 0 Å². The molecule has 0 aliphatic carbocycles. The van der Waals surface area contributed by atoms with Crippen molar-refractivity contribution in [3.05, 3.63) is 224 Å².